The van der Waals surface area contributed by atoms with E-state index in [1.54, 1.807) is 0 Å². The zero-order valence-electron chi connectivity index (χ0n) is 22.1. The molecule has 0 radical (unpaired) electrons. The van der Waals surface area contributed by atoms with Crippen LogP contribution in [0.4, 0.5) is 0 Å². The van der Waals surface area contributed by atoms with Crippen LogP contribution in [0, 0.1) is 13.8 Å². The number of ether oxygens (including phenoxy) is 1. The maximum absolute atomic E-state index is 6.32. The maximum atomic E-state index is 6.32. The van der Waals surface area contributed by atoms with Gasteiger partial charge in [-0.05, 0) is 93.5 Å². The molecular weight excluding hydrogens is 424 g/mol. The predicted octanol–water partition coefficient (Wildman–Crippen LogP) is 9.60. The van der Waals surface area contributed by atoms with Gasteiger partial charge in [-0.3, -0.25) is 0 Å². The first kappa shape index (κ1) is 24.9. The molecular formula is C34H38O. The second kappa shape index (κ2) is 11.1. The van der Waals surface area contributed by atoms with Crippen LogP contribution < -0.4 is 0 Å². The largest absolute Gasteiger partial charge is 0.372 e. The number of benzene rings is 4. The molecule has 0 spiro atoms. The number of aryl methyl sites for hydroxylation is 2. The Morgan fingerprint density at radius 2 is 0.943 bits per heavy atom. The van der Waals surface area contributed by atoms with Crippen molar-refractivity contribution in [3.05, 3.63) is 118 Å². The zero-order valence-corrected chi connectivity index (χ0v) is 22.1. The Morgan fingerprint density at radius 1 is 0.543 bits per heavy atom. The van der Waals surface area contributed by atoms with Gasteiger partial charge in [-0.2, -0.15) is 0 Å². The minimum absolute atomic E-state index is 0.470. The van der Waals surface area contributed by atoms with E-state index in [-0.39, 0.29) is 0 Å². The third kappa shape index (κ3) is 6.10. The van der Waals surface area contributed by atoms with Crippen molar-refractivity contribution in [3.63, 3.8) is 0 Å². The van der Waals surface area contributed by atoms with Crippen molar-refractivity contribution in [2.75, 3.05) is 0 Å². The van der Waals surface area contributed by atoms with Gasteiger partial charge in [0.25, 0.3) is 0 Å². The molecule has 180 valence electrons. The van der Waals surface area contributed by atoms with Crippen LogP contribution in [0.5, 0.6) is 0 Å². The summed E-state index contributed by atoms with van der Waals surface area (Å²) >= 11 is 0. The quantitative estimate of drug-likeness (QED) is 0.253. The Morgan fingerprint density at radius 3 is 1.31 bits per heavy atom. The summed E-state index contributed by atoms with van der Waals surface area (Å²) in [5.41, 5.74) is 12.9. The summed E-state index contributed by atoms with van der Waals surface area (Å²) in [6.07, 6.45) is 0. The Hall–Kier alpha value is -3.16. The highest BCUT2D eigenvalue weighted by Gasteiger charge is 2.11. The van der Waals surface area contributed by atoms with Gasteiger partial charge in [0, 0.05) is 0 Å². The normalized spacial score (nSPS) is 11.4. The molecule has 4 aromatic rings. The fraction of sp³-hybridized carbons (Fsp3) is 0.294. The summed E-state index contributed by atoms with van der Waals surface area (Å²) in [6, 6.07) is 31.1. The van der Waals surface area contributed by atoms with E-state index in [4.69, 9.17) is 4.74 Å². The first-order valence-corrected chi connectivity index (χ1v) is 12.8. The van der Waals surface area contributed by atoms with E-state index in [9.17, 15) is 0 Å². The fourth-order valence-corrected chi connectivity index (χ4v) is 4.66. The highest BCUT2D eigenvalue weighted by Crippen LogP contribution is 2.30. The van der Waals surface area contributed by atoms with Crippen molar-refractivity contribution in [1.29, 1.82) is 0 Å². The number of hydrogen-bond acceptors (Lipinski definition) is 1. The van der Waals surface area contributed by atoms with Crippen LogP contribution in [-0.4, -0.2) is 0 Å². The second-order valence-electron chi connectivity index (χ2n) is 10.4. The van der Waals surface area contributed by atoms with E-state index in [1.807, 2.05) is 0 Å². The minimum Gasteiger partial charge on any atom is -0.372 e. The standard InChI is InChI=1S/C34H38O/c1-23(2)29-15-27(17-31(19-29)33-13-9-7-11-25(33)5)21-35-22-28-16-30(24(3)4)20-32(18-28)34-14-10-8-12-26(34)6/h7-20,23-24H,21-22H2,1-6H3. The molecule has 0 saturated heterocycles. The highest BCUT2D eigenvalue weighted by molar-refractivity contribution is 5.69. The van der Waals surface area contributed by atoms with Gasteiger partial charge >= 0.3 is 0 Å². The topological polar surface area (TPSA) is 9.23 Å². The van der Waals surface area contributed by atoms with Gasteiger partial charge in [-0.25, -0.2) is 0 Å². The van der Waals surface area contributed by atoms with Crippen molar-refractivity contribution < 1.29 is 4.74 Å². The lowest BCUT2D eigenvalue weighted by Crippen LogP contribution is -2.00. The first-order chi connectivity index (χ1) is 16.8. The Kier molecular flexibility index (Phi) is 7.88. The Bertz CT molecular complexity index is 1190. The summed E-state index contributed by atoms with van der Waals surface area (Å²) < 4.78 is 6.32. The molecule has 1 heteroatoms. The van der Waals surface area contributed by atoms with Crippen LogP contribution in [0.2, 0.25) is 0 Å². The number of rotatable bonds is 8. The van der Waals surface area contributed by atoms with Crippen LogP contribution in [0.25, 0.3) is 22.3 Å². The molecule has 0 aliphatic heterocycles. The molecule has 4 aromatic carbocycles. The lowest BCUT2D eigenvalue weighted by atomic mass is 9.92. The summed E-state index contributed by atoms with van der Waals surface area (Å²) in [5, 5.41) is 0. The molecule has 0 aliphatic carbocycles. The average molecular weight is 463 g/mol. The van der Waals surface area contributed by atoms with E-state index in [0.717, 1.165) is 0 Å². The van der Waals surface area contributed by atoms with Gasteiger partial charge in [-0.15, -0.1) is 0 Å². The SMILES string of the molecule is Cc1ccccc1-c1cc(COCc2cc(-c3ccccc3C)cc(C(C)C)c2)cc(C(C)C)c1. The van der Waals surface area contributed by atoms with Gasteiger partial charge in [0.1, 0.15) is 0 Å². The molecule has 0 aromatic heterocycles. The van der Waals surface area contributed by atoms with Crippen molar-refractivity contribution >= 4 is 0 Å². The average Bonchev–Trinajstić information content (AvgIpc) is 2.84. The molecule has 0 heterocycles. The molecule has 0 fully saturated rings. The molecule has 35 heavy (non-hydrogen) atoms. The molecule has 0 atom stereocenters. The molecule has 0 N–H and O–H groups in total. The lowest BCUT2D eigenvalue weighted by Gasteiger charge is -2.16. The van der Waals surface area contributed by atoms with E-state index in [0.29, 0.717) is 25.0 Å². The molecule has 0 aliphatic rings. The van der Waals surface area contributed by atoms with E-state index >= 15 is 0 Å². The summed E-state index contributed by atoms with van der Waals surface area (Å²) in [4.78, 5) is 0. The smallest absolute Gasteiger partial charge is 0.0721 e. The second-order valence-corrected chi connectivity index (χ2v) is 10.4. The van der Waals surface area contributed by atoms with Crippen molar-refractivity contribution in [2.45, 2.75) is 66.6 Å². The maximum Gasteiger partial charge on any atom is 0.0721 e. The van der Waals surface area contributed by atoms with E-state index in [1.165, 1.54) is 55.6 Å². The van der Waals surface area contributed by atoms with Gasteiger partial charge < -0.3 is 4.74 Å². The number of hydrogen-bond donors (Lipinski definition) is 0. The summed E-state index contributed by atoms with van der Waals surface area (Å²) in [6.45, 7) is 14.6. The fourth-order valence-electron chi connectivity index (χ4n) is 4.66. The summed E-state index contributed by atoms with van der Waals surface area (Å²) in [5.74, 6) is 0.939. The van der Waals surface area contributed by atoms with Crippen molar-refractivity contribution in [3.8, 4) is 22.3 Å². The van der Waals surface area contributed by atoms with E-state index < -0.39 is 0 Å². The van der Waals surface area contributed by atoms with Crippen LogP contribution in [0.1, 0.15) is 72.9 Å². The molecule has 0 saturated carbocycles. The molecule has 0 bridgehead atoms. The minimum atomic E-state index is 0.470. The van der Waals surface area contributed by atoms with Gasteiger partial charge in [-0.1, -0.05) is 100 Å². The highest BCUT2D eigenvalue weighted by atomic mass is 16.5. The summed E-state index contributed by atoms with van der Waals surface area (Å²) in [7, 11) is 0. The van der Waals surface area contributed by atoms with Crippen molar-refractivity contribution in [2.24, 2.45) is 0 Å². The predicted molar refractivity (Wildman–Crippen MR) is 150 cm³/mol. The van der Waals surface area contributed by atoms with Crippen LogP contribution in [0.15, 0.2) is 84.9 Å². The van der Waals surface area contributed by atoms with Crippen molar-refractivity contribution in [1.82, 2.24) is 0 Å². The van der Waals surface area contributed by atoms with Gasteiger partial charge in [0.05, 0.1) is 13.2 Å². The molecule has 0 amide bonds. The van der Waals surface area contributed by atoms with E-state index in [2.05, 4.69) is 126 Å². The third-order valence-electron chi connectivity index (χ3n) is 6.81. The first-order valence-electron chi connectivity index (χ1n) is 12.8. The van der Waals surface area contributed by atoms with Gasteiger partial charge in [0.15, 0.2) is 0 Å². The monoisotopic (exact) mass is 462 g/mol. The van der Waals surface area contributed by atoms with Gasteiger partial charge in [0.2, 0.25) is 0 Å². The van der Waals surface area contributed by atoms with Crippen LogP contribution in [0.3, 0.4) is 0 Å². The Balaban J connectivity index is 1.58. The van der Waals surface area contributed by atoms with Crippen LogP contribution >= 0.6 is 0 Å². The zero-order chi connectivity index (χ0) is 24.9. The third-order valence-corrected chi connectivity index (χ3v) is 6.81. The lowest BCUT2D eigenvalue weighted by molar-refractivity contribution is 0.107. The molecule has 1 nitrogen and oxygen atoms in total. The molecule has 4 rings (SSSR count). The van der Waals surface area contributed by atoms with Crippen LogP contribution in [-0.2, 0) is 18.0 Å². The Labute approximate surface area is 211 Å². The molecule has 0 unspecified atom stereocenters.